The van der Waals surface area contributed by atoms with Gasteiger partial charge in [-0.2, -0.15) is 0 Å². The van der Waals surface area contributed by atoms with Crippen molar-refractivity contribution in [2.45, 2.75) is 18.8 Å². The van der Waals surface area contributed by atoms with E-state index in [4.69, 9.17) is 16.3 Å². The van der Waals surface area contributed by atoms with Gasteiger partial charge in [0.2, 0.25) is 0 Å². The van der Waals surface area contributed by atoms with Gasteiger partial charge in [-0.1, -0.05) is 42.4 Å². The van der Waals surface area contributed by atoms with Gasteiger partial charge in [-0.05, 0) is 63.8 Å². The fraction of sp³-hybridized carbons (Fsp3) is 0.211. The van der Waals surface area contributed by atoms with Gasteiger partial charge in [0.05, 0.1) is 21.5 Å². The number of halogens is 2. The van der Waals surface area contributed by atoms with Crippen LogP contribution in [0.3, 0.4) is 0 Å². The summed E-state index contributed by atoms with van der Waals surface area (Å²) in [6, 6.07) is 11.8. The summed E-state index contributed by atoms with van der Waals surface area (Å²) < 4.78 is 5.97. The molecule has 2 N–H and O–H groups in total. The van der Waals surface area contributed by atoms with Crippen molar-refractivity contribution < 1.29 is 9.53 Å². The Balaban J connectivity index is 1.73. The van der Waals surface area contributed by atoms with Gasteiger partial charge in [-0.3, -0.25) is 4.79 Å². The lowest BCUT2D eigenvalue weighted by Gasteiger charge is -2.12. The summed E-state index contributed by atoms with van der Waals surface area (Å²) in [7, 11) is 1.56. The average molecular weight is 454 g/mol. The van der Waals surface area contributed by atoms with Gasteiger partial charge < -0.3 is 15.4 Å². The van der Waals surface area contributed by atoms with Crippen LogP contribution >= 0.6 is 39.3 Å². The molecule has 7 heteroatoms. The molecule has 3 rings (SSSR count). The number of methoxy groups -OCH3 is 1. The Morgan fingerprint density at radius 1 is 1.35 bits per heavy atom. The number of nitrogens with one attached hydrogen (secondary N) is 2. The highest BCUT2D eigenvalue weighted by atomic mass is 79.9. The highest BCUT2D eigenvalue weighted by Gasteiger charge is 2.27. The van der Waals surface area contributed by atoms with E-state index in [-0.39, 0.29) is 11.4 Å². The first kappa shape index (κ1) is 19.1. The van der Waals surface area contributed by atoms with E-state index in [0.29, 0.717) is 15.7 Å². The molecule has 4 nitrogen and oxygen atoms in total. The number of anilines is 1. The third kappa shape index (κ3) is 4.37. The summed E-state index contributed by atoms with van der Waals surface area (Å²) in [6.07, 6.45) is 2.82. The van der Waals surface area contributed by atoms with Gasteiger partial charge in [0.25, 0.3) is 5.91 Å². The van der Waals surface area contributed by atoms with Crippen LogP contribution in [-0.2, 0) is 11.2 Å². The van der Waals surface area contributed by atoms with E-state index >= 15 is 0 Å². The van der Waals surface area contributed by atoms with E-state index in [0.717, 1.165) is 22.1 Å². The Bertz CT molecular complexity index is 832. The molecule has 1 aliphatic heterocycles. The van der Waals surface area contributed by atoms with Gasteiger partial charge in [0, 0.05) is 5.69 Å². The third-order valence-corrected chi connectivity index (χ3v) is 5.81. The van der Waals surface area contributed by atoms with Gasteiger partial charge in [0.1, 0.15) is 0 Å². The smallest absolute Gasteiger partial charge is 0.260 e. The molecular formula is C19H18BrClN2O2S. The van der Waals surface area contributed by atoms with Gasteiger partial charge in [-0.25, -0.2) is 0 Å². The van der Waals surface area contributed by atoms with Crippen LogP contribution in [0.1, 0.15) is 18.1 Å². The molecule has 0 radical (unpaired) electrons. The molecule has 0 aliphatic carbocycles. The Labute approximate surface area is 170 Å². The number of amides is 1. The summed E-state index contributed by atoms with van der Waals surface area (Å²) in [5.74, 6) is 0.466. The van der Waals surface area contributed by atoms with Crippen LogP contribution < -0.4 is 15.4 Å². The number of aryl methyl sites for hydroxylation is 1. The Kier molecular flexibility index (Phi) is 6.16. The highest BCUT2D eigenvalue weighted by molar-refractivity contribution is 9.10. The maximum Gasteiger partial charge on any atom is 0.260 e. The Hall–Kier alpha value is -1.63. The van der Waals surface area contributed by atoms with Crippen molar-refractivity contribution in [2.24, 2.45) is 0 Å². The van der Waals surface area contributed by atoms with E-state index in [2.05, 4.69) is 45.6 Å². The van der Waals surface area contributed by atoms with Crippen LogP contribution in [0.2, 0.25) is 5.02 Å². The fourth-order valence-corrected chi connectivity index (χ4v) is 4.61. The SMILES string of the molecule is CCc1ccc(N[C@H]2NC(=O)/C(=C/c3cc(Cl)c(OC)c(Br)c3)S2)cc1. The molecular weight excluding hydrogens is 436 g/mol. The number of thioether (sulfide) groups is 1. The molecule has 1 atom stereocenters. The zero-order valence-corrected chi connectivity index (χ0v) is 17.5. The van der Waals surface area contributed by atoms with E-state index in [1.165, 1.54) is 17.3 Å². The molecule has 1 aliphatic rings. The standard InChI is InChI=1S/C19H18BrClN2O2S/c1-3-11-4-6-13(7-5-11)22-19-23-18(24)16(26-19)10-12-8-14(20)17(25-2)15(21)9-12/h4-10,19,22H,3H2,1-2H3,(H,23,24)/b16-10-/t19-/m0/s1. The number of carbonyl (C=O) groups excluding carboxylic acids is 1. The minimum atomic E-state index is -0.210. The van der Waals surface area contributed by atoms with Crippen LogP contribution in [0.15, 0.2) is 45.8 Å². The van der Waals surface area contributed by atoms with E-state index < -0.39 is 0 Å². The molecule has 0 spiro atoms. The predicted octanol–water partition coefficient (Wildman–Crippen LogP) is 5.27. The lowest BCUT2D eigenvalue weighted by molar-refractivity contribution is -0.116. The van der Waals surface area contributed by atoms with Gasteiger partial charge in [0.15, 0.2) is 11.2 Å². The zero-order valence-electron chi connectivity index (χ0n) is 14.3. The number of hydrogen-bond acceptors (Lipinski definition) is 4. The van der Waals surface area contributed by atoms with Crippen molar-refractivity contribution in [3.63, 3.8) is 0 Å². The van der Waals surface area contributed by atoms with Crippen LogP contribution in [-0.4, -0.2) is 18.5 Å². The average Bonchev–Trinajstić information content (AvgIpc) is 2.94. The molecule has 0 saturated carbocycles. The van der Waals surface area contributed by atoms with Crippen molar-refractivity contribution in [3.05, 3.63) is 61.9 Å². The number of benzene rings is 2. The quantitative estimate of drug-likeness (QED) is 0.605. The molecule has 1 heterocycles. The van der Waals surface area contributed by atoms with Crippen molar-refractivity contribution in [3.8, 4) is 5.75 Å². The molecule has 1 fully saturated rings. The molecule has 2 aromatic rings. The first-order valence-corrected chi connectivity index (χ1v) is 10.1. The minimum absolute atomic E-state index is 0.110. The molecule has 1 amide bonds. The van der Waals surface area contributed by atoms with Crippen molar-refractivity contribution in [1.82, 2.24) is 5.32 Å². The van der Waals surface area contributed by atoms with Crippen molar-refractivity contribution in [1.29, 1.82) is 0 Å². The normalized spacial score (nSPS) is 18.1. The molecule has 0 aromatic heterocycles. The molecule has 136 valence electrons. The van der Waals surface area contributed by atoms with Crippen LogP contribution in [0.4, 0.5) is 5.69 Å². The Morgan fingerprint density at radius 3 is 2.69 bits per heavy atom. The molecule has 2 aromatic carbocycles. The number of ether oxygens (including phenoxy) is 1. The summed E-state index contributed by atoms with van der Waals surface area (Å²) in [4.78, 5) is 12.9. The zero-order chi connectivity index (χ0) is 18.7. The number of carbonyl (C=O) groups is 1. The Morgan fingerprint density at radius 2 is 2.08 bits per heavy atom. The summed E-state index contributed by atoms with van der Waals surface area (Å²) in [5, 5.41) is 6.73. The molecule has 0 unspecified atom stereocenters. The number of rotatable bonds is 5. The molecule has 0 bridgehead atoms. The van der Waals surface area contributed by atoms with E-state index in [1.54, 1.807) is 13.2 Å². The minimum Gasteiger partial charge on any atom is -0.494 e. The topological polar surface area (TPSA) is 50.4 Å². The highest BCUT2D eigenvalue weighted by Crippen LogP contribution is 2.36. The second-order valence-corrected chi connectivity index (χ2v) is 8.10. The molecule has 26 heavy (non-hydrogen) atoms. The lowest BCUT2D eigenvalue weighted by atomic mass is 10.1. The van der Waals surface area contributed by atoms with E-state index in [9.17, 15) is 4.79 Å². The second-order valence-electron chi connectivity index (χ2n) is 5.69. The monoisotopic (exact) mass is 452 g/mol. The lowest BCUT2D eigenvalue weighted by Crippen LogP contribution is -2.30. The van der Waals surface area contributed by atoms with E-state index in [1.807, 2.05) is 24.3 Å². The number of hydrogen-bond donors (Lipinski definition) is 2. The van der Waals surface area contributed by atoms with Gasteiger partial charge >= 0.3 is 0 Å². The summed E-state index contributed by atoms with van der Waals surface area (Å²) in [6.45, 7) is 2.12. The predicted molar refractivity (Wildman–Crippen MR) is 113 cm³/mol. The van der Waals surface area contributed by atoms with Gasteiger partial charge in [-0.15, -0.1) is 0 Å². The first-order chi connectivity index (χ1) is 12.5. The first-order valence-electron chi connectivity index (χ1n) is 8.08. The maximum absolute atomic E-state index is 12.3. The van der Waals surface area contributed by atoms with Crippen LogP contribution in [0.25, 0.3) is 6.08 Å². The largest absolute Gasteiger partial charge is 0.494 e. The van der Waals surface area contributed by atoms with Crippen molar-refractivity contribution in [2.75, 3.05) is 12.4 Å². The summed E-state index contributed by atoms with van der Waals surface area (Å²) in [5.41, 5.74) is 2.87. The fourth-order valence-electron chi connectivity index (χ4n) is 2.56. The second kappa shape index (κ2) is 8.37. The van der Waals surface area contributed by atoms with Crippen LogP contribution in [0, 0.1) is 0 Å². The maximum atomic E-state index is 12.3. The summed E-state index contributed by atoms with van der Waals surface area (Å²) >= 11 is 11.1. The van der Waals surface area contributed by atoms with Crippen molar-refractivity contribution >= 4 is 57.0 Å². The van der Waals surface area contributed by atoms with Crippen LogP contribution in [0.5, 0.6) is 5.75 Å². The third-order valence-electron chi connectivity index (χ3n) is 3.91. The molecule has 1 saturated heterocycles.